The van der Waals surface area contributed by atoms with Crippen molar-refractivity contribution in [2.24, 2.45) is 0 Å². The fraction of sp³-hybridized carbons (Fsp3) is 0.143. The van der Waals surface area contributed by atoms with Gasteiger partial charge in [0.25, 0.3) is 0 Å². The second kappa shape index (κ2) is 6.56. The molecule has 112 valence electrons. The van der Waals surface area contributed by atoms with Crippen molar-refractivity contribution < 1.29 is 12.8 Å². The van der Waals surface area contributed by atoms with E-state index in [9.17, 15) is 12.8 Å². The molecule has 0 spiro atoms. The lowest BCUT2D eigenvalue weighted by molar-refractivity contribution is 0.579. The highest BCUT2D eigenvalue weighted by Crippen LogP contribution is 2.24. The first-order valence-electron chi connectivity index (χ1n) is 5.99. The van der Waals surface area contributed by atoms with Gasteiger partial charge in [-0.3, -0.25) is 0 Å². The summed E-state index contributed by atoms with van der Waals surface area (Å²) in [6.07, 6.45) is 0. The smallest absolute Gasteiger partial charge is 0.207 e. The van der Waals surface area contributed by atoms with Gasteiger partial charge in [0.1, 0.15) is 5.82 Å². The molecule has 2 rings (SSSR count). The summed E-state index contributed by atoms with van der Waals surface area (Å²) in [5, 5.41) is 0. The predicted molar refractivity (Wildman–Crippen MR) is 87.0 cm³/mol. The molecule has 0 aliphatic heterocycles. The van der Waals surface area contributed by atoms with Crippen LogP contribution in [0.2, 0.25) is 0 Å². The van der Waals surface area contributed by atoms with E-state index in [-0.39, 0.29) is 11.4 Å². The minimum absolute atomic E-state index is 0.000985. The Labute approximate surface area is 139 Å². The highest BCUT2D eigenvalue weighted by atomic mass is 79.9. The van der Waals surface area contributed by atoms with E-state index in [1.54, 1.807) is 18.2 Å². The lowest BCUT2D eigenvalue weighted by Crippen LogP contribution is -2.23. The van der Waals surface area contributed by atoms with Gasteiger partial charge in [-0.15, -0.1) is 0 Å². The van der Waals surface area contributed by atoms with Crippen molar-refractivity contribution in [3.63, 3.8) is 0 Å². The zero-order valence-electron chi connectivity index (χ0n) is 11.0. The van der Waals surface area contributed by atoms with Crippen molar-refractivity contribution in [1.82, 2.24) is 4.72 Å². The van der Waals surface area contributed by atoms with Gasteiger partial charge in [0, 0.05) is 15.5 Å². The Balaban J connectivity index is 2.24. The Hall–Kier alpha value is -0.760. The highest BCUT2D eigenvalue weighted by molar-refractivity contribution is 9.10. The summed E-state index contributed by atoms with van der Waals surface area (Å²) in [5.41, 5.74) is 1.48. The molecule has 0 bridgehead atoms. The van der Waals surface area contributed by atoms with Gasteiger partial charge in [0.2, 0.25) is 10.0 Å². The SMILES string of the molecule is Cc1ccc(S(=O)(=O)NCc2cc(F)ccc2Br)c(Br)c1. The number of nitrogens with one attached hydrogen (secondary N) is 1. The van der Waals surface area contributed by atoms with Crippen LogP contribution in [0.1, 0.15) is 11.1 Å². The lowest BCUT2D eigenvalue weighted by atomic mass is 10.2. The van der Waals surface area contributed by atoms with Gasteiger partial charge in [-0.25, -0.2) is 17.5 Å². The first-order chi connectivity index (χ1) is 9.79. The van der Waals surface area contributed by atoms with Gasteiger partial charge in [-0.2, -0.15) is 0 Å². The number of rotatable bonds is 4. The molecule has 7 heteroatoms. The largest absolute Gasteiger partial charge is 0.241 e. The van der Waals surface area contributed by atoms with Crippen molar-refractivity contribution in [3.05, 3.63) is 62.3 Å². The Kier molecular flexibility index (Phi) is 5.19. The summed E-state index contributed by atoms with van der Waals surface area (Å²) in [7, 11) is -3.68. The quantitative estimate of drug-likeness (QED) is 0.782. The van der Waals surface area contributed by atoms with E-state index in [1.807, 2.05) is 6.92 Å². The molecule has 0 aromatic heterocycles. The van der Waals surface area contributed by atoms with Crippen LogP contribution in [0.3, 0.4) is 0 Å². The summed E-state index contributed by atoms with van der Waals surface area (Å²) in [6.45, 7) is 1.87. The molecule has 1 N–H and O–H groups in total. The Morgan fingerprint density at radius 3 is 2.48 bits per heavy atom. The first kappa shape index (κ1) is 16.6. The van der Waals surface area contributed by atoms with E-state index in [1.165, 1.54) is 18.2 Å². The third-order valence-electron chi connectivity index (χ3n) is 2.84. The minimum Gasteiger partial charge on any atom is -0.207 e. The van der Waals surface area contributed by atoms with Crippen LogP contribution in [0.15, 0.2) is 50.2 Å². The van der Waals surface area contributed by atoms with Crippen LogP contribution >= 0.6 is 31.9 Å². The summed E-state index contributed by atoms with van der Waals surface area (Å²) in [5.74, 6) is -0.413. The number of halogens is 3. The van der Waals surface area contributed by atoms with Crippen LogP contribution in [-0.2, 0) is 16.6 Å². The van der Waals surface area contributed by atoms with E-state index in [4.69, 9.17) is 0 Å². The highest BCUT2D eigenvalue weighted by Gasteiger charge is 2.17. The molecular weight excluding hydrogens is 425 g/mol. The molecule has 0 fully saturated rings. The molecule has 0 saturated heterocycles. The molecule has 3 nitrogen and oxygen atoms in total. The first-order valence-corrected chi connectivity index (χ1v) is 9.06. The Morgan fingerprint density at radius 1 is 1.10 bits per heavy atom. The second-order valence-electron chi connectivity index (χ2n) is 4.49. The summed E-state index contributed by atoms with van der Waals surface area (Å²) in [4.78, 5) is 0.153. The van der Waals surface area contributed by atoms with Gasteiger partial charge in [-0.05, 0) is 64.3 Å². The molecule has 0 aliphatic carbocycles. The van der Waals surface area contributed by atoms with Gasteiger partial charge in [-0.1, -0.05) is 22.0 Å². The van der Waals surface area contributed by atoms with Gasteiger partial charge in [0.05, 0.1) is 4.90 Å². The molecule has 0 atom stereocenters. The summed E-state index contributed by atoms with van der Waals surface area (Å²) in [6, 6.07) is 9.11. The maximum Gasteiger partial charge on any atom is 0.241 e. The van der Waals surface area contributed by atoms with Crippen molar-refractivity contribution in [2.75, 3.05) is 0 Å². The molecule has 2 aromatic carbocycles. The standard InChI is InChI=1S/C14H12Br2FNO2S/c1-9-2-5-14(13(16)6-9)21(19,20)18-8-10-7-11(17)3-4-12(10)15/h2-7,18H,8H2,1H3. The maximum absolute atomic E-state index is 13.2. The Morgan fingerprint density at radius 2 is 1.81 bits per heavy atom. The van der Waals surface area contributed by atoms with Crippen LogP contribution in [-0.4, -0.2) is 8.42 Å². The Bertz CT molecular complexity index is 779. The van der Waals surface area contributed by atoms with Crippen LogP contribution in [0.5, 0.6) is 0 Å². The number of benzene rings is 2. The zero-order valence-corrected chi connectivity index (χ0v) is 15.0. The molecule has 21 heavy (non-hydrogen) atoms. The van der Waals surface area contributed by atoms with Gasteiger partial charge < -0.3 is 0 Å². The molecule has 0 heterocycles. The molecule has 2 aromatic rings. The fourth-order valence-corrected chi connectivity index (χ4v) is 4.34. The normalized spacial score (nSPS) is 11.6. The number of sulfonamides is 1. The maximum atomic E-state index is 13.2. The number of hydrogen-bond donors (Lipinski definition) is 1. The molecule has 0 unspecified atom stereocenters. The van der Waals surface area contributed by atoms with E-state index >= 15 is 0 Å². The monoisotopic (exact) mass is 435 g/mol. The molecule has 0 amide bonds. The van der Waals surface area contributed by atoms with Gasteiger partial charge in [0.15, 0.2) is 0 Å². The van der Waals surface area contributed by atoms with Crippen LogP contribution < -0.4 is 4.72 Å². The average Bonchev–Trinajstić information content (AvgIpc) is 2.39. The van der Waals surface area contributed by atoms with E-state index < -0.39 is 15.8 Å². The third kappa shape index (κ3) is 4.12. The van der Waals surface area contributed by atoms with Crippen LogP contribution in [0.4, 0.5) is 4.39 Å². The third-order valence-corrected chi connectivity index (χ3v) is 5.99. The number of hydrogen-bond acceptors (Lipinski definition) is 2. The van der Waals surface area contributed by atoms with E-state index in [0.717, 1.165) is 5.56 Å². The van der Waals surface area contributed by atoms with Crippen molar-refractivity contribution >= 4 is 41.9 Å². The molecule has 0 saturated carbocycles. The number of aryl methyl sites for hydroxylation is 1. The second-order valence-corrected chi connectivity index (χ2v) is 7.94. The lowest BCUT2D eigenvalue weighted by Gasteiger charge is -2.10. The van der Waals surface area contributed by atoms with Crippen molar-refractivity contribution in [3.8, 4) is 0 Å². The topological polar surface area (TPSA) is 46.2 Å². The average molecular weight is 437 g/mol. The summed E-state index contributed by atoms with van der Waals surface area (Å²) < 4.78 is 41.4. The van der Waals surface area contributed by atoms with Crippen molar-refractivity contribution in [1.29, 1.82) is 0 Å². The molecular formula is C14H12Br2FNO2S. The summed E-state index contributed by atoms with van der Waals surface area (Å²) >= 11 is 6.51. The predicted octanol–water partition coefficient (Wildman–Crippen LogP) is 4.14. The van der Waals surface area contributed by atoms with Crippen LogP contribution in [0.25, 0.3) is 0 Å². The van der Waals surface area contributed by atoms with E-state index in [2.05, 4.69) is 36.6 Å². The van der Waals surface area contributed by atoms with Crippen molar-refractivity contribution in [2.45, 2.75) is 18.4 Å². The molecule has 0 aliphatic rings. The van der Waals surface area contributed by atoms with E-state index in [0.29, 0.717) is 14.5 Å². The van der Waals surface area contributed by atoms with Crippen LogP contribution in [0, 0.1) is 12.7 Å². The fourth-order valence-electron chi connectivity index (χ4n) is 1.75. The molecule has 0 radical (unpaired) electrons. The zero-order chi connectivity index (χ0) is 15.6. The van der Waals surface area contributed by atoms with Gasteiger partial charge >= 0.3 is 0 Å². The minimum atomic E-state index is -3.68.